The molecule has 0 radical (unpaired) electrons. The topological polar surface area (TPSA) is 26.3 Å². The number of rotatable bonds is 0. The number of ether oxygens (including phenoxy) is 1. The van der Waals surface area contributed by atoms with E-state index in [9.17, 15) is 4.79 Å². The number of hydrogen-bond donors (Lipinski definition) is 0. The van der Waals surface area contributed by atoms with Crippen LogP contribution in [0.15, 0.2) is 12.2 Å². The Morgan fingerprint density at radius 2 is 2.10 bits per heavy atom. The Morgan fingerprint density at radius 3 is 2.20 bits per heavy atom. The van der Waals surface area contributed by atoms with Gasteiger partial charge in [-0.3, -0.25) is 0 Å². The molecule has 1 unspecified atom stereocenters. The number of carbonyl (C=O) groups excluding carboxylic acids is 1. The van der Waals surface area contributed by atoms with Crippen molar-refractivity contribution in [2.24, 2.45) is 0 Å². The second kappa shape index (κ2) is 4.09. The van der Waals surface area contributed by atoms with Crippen molar-refractivity contribution in [3.8, 4) is 0 Å². The molecular weight excluding hydrogens is 128 g/mol. The fourth-order valence-corrected chi connectivity index (χ4v) is 0.738. The van der Waals surface area contributed by atoms with Gasteiger partial charge in [-0.25, -0.2) is 4.79 Å². The second-order valence-electron chi connectivity index (χ2n) is 2.02. The molecule has 58 valence electrons. The van der Waals surface area contributed by atoms with Gasteiger partial charge in [0.25, 0.3) is 0 Å². The Morgan fingerprint density at radius 1 is 1.60 bits per heavy atom. The van der Waals surface area contributed by atoms with Crippen molar-refractivity contribution in [2.45, 2.75) is 33.3 Å². The van der Waals surface area contributed by atoms with Crippen molar-refractivity contribution in [3.05, 3.63) is 12.2 Å². The highest BCUT2D eigenvalue weighted by Gasteiger charge is 2.22. The van der Waals surface area contributed by atoms with Crippen LogP contribution in [-0.4, -0.2) is 12.1 Å². The molecule has 0 bridgehead atoms. The molecule has 0 saturated carbocycles. The summed E-state index contributed by atoms with van der Waals surface area (Å²) >= 11 is 0. The Labute approximate surface area is 61.9 Å². The quantitative estimate of drug-likeness (QED) is 0.381. The van der Waals surface area contributed by atoms with Gasteiger partial charge in [0.15, 0.2) is 0 Å². The molecule has 0 amide bonds. The lowest BCUT2D eigenvalue weighted by Gasteiger charge is -1.94. The van der Waals surface area contributed by atoms with Gasteiger partial charge < -0.3 is 4.74 Å². The molecule has 0 aromatic rings. The first-order chi connectivity index (χ1) is 4.70. The van der Waals surface area contributed by atoms with E-state index in [-0.39, 0.29) is 12.1 Å². The van der Waals surface area contributed by atoms with Gasteiger partial charge in [0.2, 0.25) is 0 Å². The molecule has 1 saturated heterocycles. The summed E-state index contributed by atoms with van der Waals surface area (Å²) in [6.45, 7) is 9.37. The minimum Gasteiger partial charge on any atom is -0.459 e. The molecular formula is C8H14O2. The van der Waals surface area contributed by atoms with Gasteiger partial charge in [0.1, 0.15) is 6.10 Å². The SMILES string of the molecule is C=C1CC(C)OC1=O.CC. The first kappa shape index (κ1) is 9.21. The molecule has 2 heteroatoms. The zero-order valence-corrected chi connectivity index (χ0v) is 6.81. The molecule has 1 rings (SSSR count). The van der Waals surface area contributed by atoms with Crippen LogP contribution in [-0.2, 0) is 9.53 Å². The largest absolute Gasteiger partial charge is 0.459 e. The summed E-state index contributed by atoms with van der Waals surface area (Å²) in [5.41, 5.74) is 0.595. The molecule has 0 aromatic carbocycles. The van der Waals surface area contributed by atoms with E-state index in [1.54, 1.807) is 0 Å². The maximum Gasteiger partial charge on any atom is 0.333 e. The summed E-state index contributed by atoms with van der Waals surface area (Å²) in [4.78, 5) is 10.5. The van der Waals surface area contributed by atoms with E-state index in [1.807, 2.05) is 20.8 Å². The van der Waals surface area contributed by atoms with Crippen molar-refractivity contribution < 1.29 is 9.53 Å². The van der Waals surface area contributed by atoms with Crippen LogP contribution in [0.2, 0.25) is 0 Å². The van der Waals surface area contributed by atoms with Gasteiger partial charge in [-0.15, -0.1) is 0 Å². The molecule has 0 aliphatic carbocycles. The average molecular weight is 142 g/mol. The lowest BCUT2D eigenvalue weighted by molar-refractivity contribution is -0.138. The normalized spacial score (nSPS) is 23.3. The van der Waals surface area contributed by atoms with E-state index in [1.165, 1.54) is 0 Å². The van der Waals surface area contributed by atoms with Gasteiger partial charge in [-0.05, 0) is 6.92 Å². The predicted molar refractivity (Wildman–Crippen MR) is 40.7 cm³/mol. The Balaban J connectivity index is 0.000000371. The van der Waals surface area contributed by atoms with E-state index in [0.29, 0.717) is 12.0 Å². The Kier molecular flexibility index (Phi) is 3.77. The standard InChI is InChI=1S/C6H8O2.C2H6/c1-4-3-5(2)8-6(4)7;1-2/h5H,1,3H2,2H3;1-2H3. The summed E-state index contributed by atoms with van der Waals surface area (Å²) in [5.74, 6) is -0.238. The zero-order valence-electron chi connectivity index (χ0n) is 6.81. The van der Waals surface area contributed by atoms with Crippen LogP contribution in [0.25, 0.3) is 0 Å². The molecule has 1 fully saturated rings. The van der Waals surface area contributed by atoms with Crippen LogP contribution in [0.5, 0.6) is 0 Å². The van der Waals surface area contributed by atoms with Crippen LogP contribution < -0.4 is 0 Å². The Bertz CT molecular complexity index is 122. The van der Waals surface area contributed by atoms with Gasteiger partial charge >= 0.3 is 5.97 Å². The first-order valence-electron chi connectivity index (χ1n) is 3.59. The third-order valence-corrected chi connectivity index (χ3v) is 1.13. The number of esters is 1. The monoisotopic (exact) mass is 142 g/mol. The maximum absolute atomic E-state index is 10.5. The fraction of sp³-hybridized carbons (Fsp3) is 0.625. The molecule has 1 aliphatic heterocycles. The van der Waals surface area contributed by atoms with Crippen LogP contribution in [0.3, 0.4) is 0 Å². The molecule has 0 spiro atoms. The Hall–Kier alpha value is -0.790. The van der Waals surface area contributed by atoms with E-state index >= 15 is 0 Å². The fourth-order valence-electron chi connectivity index (χ4n) is 0.738. The second-order valence-corrected chi connectivity index (χ2v) is 2.02. The summed E-state index contributed by atoms with van der Waals surface area (Å²) in [6.07, 6.45) is 0.744. The van der Waals surface area contributed by atoms with Gasteiger partial charge in [0, 0.05) is 12.0 Å². The van der Waals surface area contributed by atoms with Gasteiger partial charge in [0.05, 0.1) is 0 Å². The number of cyclic esters (lactones) is 1. The smallest absolute Gasteiger partial charge is 0.333 e. The zero-order chi connectivity index (χ0) is 8.15. The molecule has 1 atom stereocenters. The molecule has 0 aromatic heterocycles. The summed E-state index contributed by atoms with van der Waals surface area (Å²) in [7, 11) is 0. The van der Waals surface area contributed by atoms with E-state index in [4.69, 9.17) is 4.74 Å². The van der Waals surface area contributed by atoms with Crippen molar-refractivity contribution in [1.82, 2.24) is 0 Å². The third-order valence-electron chi connectivity index (χ3n) is 1.13. The highest BCUT2D eigenvalue weighted by molar-refractivity contribution is 5.89. The number of carbonyl (C=O) groups is 1. The minimum absolute atomic E-state index is 0.0509. The van der Waals surface area contributed by atoms with E-state index in [2.05, 4.69) is 6.58 Å². The van der Waals surface area contributed by atoms with Crippen LogP contribution in [0.1, 0.15) is 27.2 Å². The lowest BCUT2D eigenvalue weighted by Crippen LogP contribution is -1.99. The summed E-state index contributed by atoms with van der Waals surface area (Å²) < 4.78 is 4.73. The highest BCUT2D eigenvalue weighted by atomic mass is 16.5. The lowest BCUT2D eigenvalue weighted by atomic mass is 10.2. The molecule has 0 N–H and O–H groups in total. The van der Waals surface area contributed by atoms with Gasteiger partial charge in [-0.2, -0.15) is 0 Å². The summed E-state index contributed by atoms with van der Waals surface area (Å²) in [6, 6.07) is 0. The van der Waals surface area contributed by atoms with Crippen molar-refractivity contribution >= 4 is 5.97 Å². The molecule has 2 nitrogen and oxygen atoms in total. The van der Waals surface area contributed by atoms with E-state index < -0.39 is 0 Å². The highest BCUT2D eigenvalue weighted by Crippen LogP contribution is 2.16. The van der Waals surface area contributed by atoms with Crippen molar-refractivity contribution in [1.29, 1.82) is 0 Å². The first-order valence-corrected chi connectivity index (χ1v) is 3.59. The number of hydrogen-bond acceptors (Lipinski definition) is 2. The minimum atomic E-state index is -0.238. The van der Waals surface area contributed by atoms with Crippen LogP contribution >= 0.6 is 0 Å². The van der Waals surface area contributed by atoms with Crippen LogP contribution in [0, 0.1) is 0 Å². The van der Waals surface area contributed by atoms with Crippen LogP contribution in [0.4, 0.5) is 0 Å². The van der Waals surface area contributed by atoms with Crippen molar-refractivity contribution in [2.75, 3.05) is 0 Å². The van der Waals surface area contributed by atoms with Gasteiger partial charge in [-0.1, -0.05) is 20.4 Å². The summed E-state index contributed by atoms with van der Waals surface area (Å²) in [5, 5.41) is 0. The molecule has 1 heterocycles. The average Bonchev–Trinajstić information content (AvgIpc) is 2.16. The predicted octanol–water partition coefficient (Wildman–Crippen LogP) is 1.90. The molecule has 10 heavy (non-hydrogen) atoms. The van der Waals surface area contributed by atoms with Crippen molar-refractivity contribution in [3.63, 3.8) is 0 Å². The maximum atomic E-state index is 10.5. The third kappa shape index (κ3) is 2.21. The molecule has 1 aliphatic rings. The van der Waals surface area contributed by atoms with E-state index in [0.717, 1.165) is 0 Å².